The van der Waals surface area contributed by atoms with Crippen LogP contribution in [0.25, 0.3) is 0 Å². The monoisotopic (exact) mass is 232 g/mol. The minimum atomic E-state index is 0.351. The van der Waals surface area contributed by atoms with Gasteiger partial charge >= 0.3 is 0 Å². The molecule has 1 saturated carbocycles. The molecule has 4 heteroatoms. The fourth-order valence-corrected chi connectivity index (χ4v) is 2.68. The van der Waals surface area contributed by atoms with E-state index in [1.54, 1.807) is 11.3 Å². The van der Waals surface area contributed by atoms with Gasteiger partial charge in [0, 0.05) is 5.41 Å². The third-order valence-electron chi connectivity index (χ3n) is 2.37. The van der Waals surface area contributed by atoms with Crippen molar-refractivity contribution in [1.29, 1.82) is 0 Å². The lowest BCUT2D eigenvalue weighted by Crippen LogP contribution is -2.30. The van der Waals surface area contributed by atoms with Gasteiger partial charge in [-0.3, -0.25) is 0 Å². The van der Waals surface area contributed by atoms with Crippen LogP contribution in [0.1, 0.15) is 31.2 Å². The SMILES string of the molecule is CC1(c2nnc(Br)s2)CCC1. The van der Waals surface area contributed by atoms with Crippen molar-refractivity contribution in [3.05, 3.63) is 8.92 Å². The first kappa shape index (κ1) is 7.68. The van der Waals surface area contributed by atoms with Crippen LogP contribution < -0.4 is 0 Å². The van der Waals surface area contributed by atoms with Gasteiger partial charge in [-0.15, -0.1) is 10.2 Å². The van der Waals surface area contributed by atoms with Crippen molar-refractivity contribution in [1.82, 2.24) is 10.2 Å². The van der Waals surface area contributed by atoms with Crippen molar-refractivity contribution in [2.24, 2.45) is 0 Å². The maximum Gasteiger partial charge on any atom is 0.183 e. The van der Waals surface area contributed by atoms with Gasteiger partial charge in [-0.1, -0.05) is 24.7 Å². The van der Waals surface area contributed by atoms with E-state index in [1.807, 2.05) is 0 Å². The van der Waals surface area contributed by atoms with Crippen LogP contribution in [0.15, 0.2) is 3.92 Å². The molecule has 60 valence electrons. The van der Waals surface area contributed by atoms with Crippen LogP contribution in [0.2, 0.25) is 0 Å². The summed E-state index contributed by atoms with van der Waals surface area (Å²) in [5, 5.41) is 9.27. The average molecular weight is 233 g/mol. The van der Waals surface area contributed by atoms with Gasteiger partial charge in [-0.2, -0.15) is 0 Å². The molecule has 1 aliphatic carbocycles. The van der Waals surface area contributed by atoms with E-state index >= 15 is 0 Å². The largest absolute Gasteiger partial charge is 0.183 e. The quantitative estimate of drug-likeness (QED) is 0.745. The third kappa shape index (κ3) is 1.22. The van der Waals surface area contributed by atoms with Crippen molar-refractivity contribution in [3.63, 3.8) is 0 Å². The van der Waals surface area contributed by atoms with Crippen LogP contribution in [0.5, 0.6) is 0 Å². The van der Waals surface area contributed by atoms with Gasteiger partial charge in [0.25, 0.3) is 0 Å². The first-order chi connectivity index (χ1) is 5.21. The molecule has 0 N–H and O–H groups in total. The van der Waals surface area contributed by atoms with E-state index in [-0.39, 0.29) is 0 Å². The molecular weight excluding hydrogens is 224 g/mol. The summed E-state index contributed by atoms with van der Waals surface area (Å²) in [6.07, 6.45) is 3.89. The van der Waals surface area contributed by atoms with Gasteiger partial charge in [0.1, 0.15) is 5.01 Å². The van der Waals surface area contributed by atoms with E-state index in [4.69, 9.17) is 0 Å². The average Bonchev–Trinajstić information content (AvgIpc) is 2.31. The zero-order valence-electron chi connectivity index (χ0n) is 6.30. The Bertz CT molecular complexity index is 267. The van der Waals surface area contributed by atoms with E-state index in [0.29, 0.717) is 5.41 Å². The van der Waals surface area contributed by atoms with E-state index in [2.05, 4.69) is 33.1 Å². The van der Waals surface area contributed by atoms with Crippen LogP contribution in [-0.4, -0.2) is 10.2 Å². The van der Waals surface area contributed by atoms with E-state index < -0.39 is 0 Å². The number of halogens is 1. The van der Waals surface area contributed by atoms with Crippen molar-refractivity contribution in [3.8, 4) is 0 Å². The Balaban J connectivity index is 2.28. The van der Waals surface area contributed by atoms with Crippen molar-refractivity contribution < 1.29 is 0 Å². The number of aromatic nitrogens is 2. The number of rotatable bonds is 1. The molecule has 0 amide bonds. The highest BCUT2D eigenvalue weighted by atomic mass is 79.9. The molecule has 0 atom stereocenters. The van der Waals surface area contributed by atoms with Crippen LogP contribution in [0.4, 0.5) is 0 Å². The highest BCUT2D eigenvalue weighted by Gasteiger charge is 2.36. The molecule has 2 nitrogen and oxygen atoms in total. The molecule has 2 rings (SSSR count). The van der Waals surface area contributed by atoms with Gasteiger partial charge in [0.15, 0.2) is 3.92 Å². The van der Waals surface area contributed by atoms with Gasteiger partial charge in [0.05, 0.1) is 0 Å². The lowest BCUT2D eigenvalue weighted by Gasteiger charge is -2.35. The zero-order valence-corrected chi connectivity index (χ0v) is 8.70. The second-order valence-corrected chi connectivity index (χ2v) is 5.53. The zero-order chi connectivity index (χ0) is 7.90. The molecule has 0 saturated heterocycles. The molecule has 0 spiro atoms. The fourth-order valence-electron chi connectivity index (χ4n) is 1.37. The fraction of sp³-hybridized carbons (Fsp3) is 0.714. The first-order valence-electron chi connectivity index (χ1n) is 3.70. The Morgan fingerprint density at radius 3 is 2.55 bits per heavy atom. The second kappa shape index (κ2) is 2.52. The molecule has 1 aliphatic rings. The Hall–Kier alpha value is 0.0400. The van der Waals surface area contributed by atoms with Crippen LogP contribution in [0, 0.1) is 0 Å². The molecular formula is C7H9BrN2S. The van der Waals surface area contributed by atoms with Gasteiger partial charge in [-0.05, 0) is 28.8 Å². The maximum absolute atomic E-state index is 4.13. The Kier molecular flexibility index (Phi) is 1.76. The minimum absolute atomic E-state index is 0.351. The Labute approximate surface area is 78.2 Å². The predicted octanol–water partition coefficient (Wildman–Crippen LogP) is 2.74. The highest BCUT2D eigenvalue weighted by molar-refractivity contribution is 9.11. The van der Waals surface area contributed by atoms with E-state index in [1.165, 1.54) is 24.3 Å². The maximum atomic E-state index is 4.13. The predicted molar refractivity (Wildman–Crippen MR) is 48.8 cm³/mol. The molecule has 1 heterocycles. The number of hydrogen-bond donors (Lipinski definition) is 0. The summed E-state index contributed by atoms with van der Waals surface area (Å²) in [5.74, 6) is 0. The molecule has 1 aromatic heterocycles. The summed E-state index contributed by atoms with van der Waals surface area (Å²) in [5.41, 5.74) is 0.351. The van der Waals surface area contributed by atoms with Crippen LogP contribution >= 0.6 is 27.3 Å². The lowest BCUT2D eigenvalue weighted by atomic mass is 9.71. The Morgan fingerprint density at radius 1 is 1.45 bits per heavy atom. The van der Waals surface area contributed by atoms with E-state index in [9.17, 15) is 0 Å². The standard InChI is InChI=1S/C7H9BrN2S/c1-7(3-2-4-7)5-9-10-6(8)11-5/h2-4H2,1H3. The lowest BCUT2D eigenvalue weighted by molar-refractivity contribution is 0.269. The molecule has 0 unspecified atom stereocenters. The summed E-state index contributed by atoms with van der Waals surface area (Å²) in [4.78, 5) is 0. The molecule has 1 fully saturated rings. The summed E-state index contributed by atoms with van der Waals surface area (Å²) in [7, 11) is 0. The minimum Gasteiger partial charge on any atom is -0.142 e. The molecule has 0 aliphatic heterocycles. The first-order valence-corrected chi connectivity index (χ1v) is 5.31. The normalized spacial score (nSPS) is 21.3. The number of nitrogens with zero attached hydrogens (tertiary/aromatic N) is 2. The number of hydrogen-bond acceptors (Lipinski definition) is 3. The second-order valence-electron chi connectivity index (χ2n) is 3.27. The summed E-state index contributed by atoms with van der Waals surface area (Å²) in [6.45, 7) is 2.27. The van der Waals surface area contributed by atoms with Crippen molar-refractivity contribution in [2.45, 2.75) is 31.6 Å². The molecule has 0 bridgehead atoms. The Morgan fingerprint density at radius 2 is 2.18 bits per heavy atom. The van der Waals surface area contributed by atoms with Crippen LogP contribution in [-0.2, 0) is 5.41 Å². The topological polar surface area (TPSA) is 25.8 Å². The highest BCUT2D eigenvalue weighted by Crippen LogP contribution is 2.44. The van der Waals surface area contributed by atoms with E-state index in [0.717, 1.165) is 3.92 Å². The van der Waals surface area contributed by atoms with Gasteiger partial charge < -0.3 is 0 Å². The van der Waals surface area contributed by atoms with Crippen molar-refractivity contribution in [2.75, 3.05) is 0 Å². The summed E-state index contributed by atoms with van der Waals surface area (Å²) < 4.78 is 0.903. The van der Waals surface area contributed by atoms with Crippen LogP contribution in [0.3, 0.4) is 0 Å². The molecule has 1 aromatic rings. The molecule has 0 radical (unpaired) electrons. The summed E-state index contributed by atoms with van der Waals surface area (Å²) in [6, 6.07) is 0. The summed E-state index contributed by atoms with van der Waals surface area (Å²) >= 11 is 4.99. The smallest absolute Gasteiger partial charge is 0.142 e. The van der Waals surface area contributed by atoms with Crippen molar-refractivity contribution >= 4 is 27.3 Å². The van der Waals surface area contributed by atoms with Gasteiger partial charge in [-0.25, -0.2) is 0 Å². The van der Waals surface area contributed by atoms with Gasteiger partial charge in [0.2, 0.25) is 0 Å². The third-order valence-corrected chi connectivity index (χ3v) is 4.04. The molecule has 0 aromatic carbocycles. The molecule has 11 heavy (non-hydrogen) atoms.